The molecule has 0 fully saturated rings. The number of carbonyl (C=O) groups excluding carboxylic acids is 1. The van der Waals surface area contributed by atoms with E-state index in [1.165, 1.54) is 6.92 Å². The van der Waals surface area contributed by atoms with Gasteiger partial charge in [-0.05, 0) is 13.0 Å². The maximum Gasteiger partial charge on any atom is 0.372 e. The van der Waals surface area contributed by atoms with E-state index in [-0.39, 0.29) is 18.2 Å². The van der Waals surface area contributed by atoms with Gasteiger partial charge in [-0.25, -0.2) is 4.79 Å². The van der Waals surface area contributed by atoms with Crippen molar-refractivity contribution in [3.05, 3.63) is 23.2 Å². The Morgan fingerprint density at radius 3 is 2.64 bits per heavy atom. The molecule has 0 aliphatic rings. The van der Waals surface area contributed by atoms with E-state index in [0.717, 1.165) is 0 Å². The SMILES string of the molecule is CC(=O)NCc1cc(C)c(C(=O)O)o1. The van der Waals surface area contributed by atoms with Gasteiger partial charge in [-0.1, -0.05) is 0 Å². The Kier molecular flexibility index (Phi) is 2.91. The molecular formula is C9H11NO4. The molecule has 0 aliphatic heterocycles. The summed E-state index contributed by atoms with van der Waals surface area (Å²) in [6.45, 7) is 3.24. The number of aryl methyl sites for hydroxylation is 1. The maximum absolute atomic E-state index is 10.6. The first-order chi connectivity index (χ1) is 6.50. The lowest BCUT2D eigenvalue weighted by atomic mass is 10.2. The predicted molar refractivity (Wildman–Crippen MR) is 47.9 cm³/mol. The van der Waals surface area contributed by atoms with Gasteiger partial charge in [0.25, 0.3) is 0 Å². The Morgan fingerprint density at radius 1 is 1.57 bits per heavy atom. The van der Waals surface area contributed by atoms with Gasteiger partial charge in [-0.15, -0.1) is 0 Å². The zero-order chi connectivity index (χ0) is 10.7. The quantitative estimate of drug-likeness (QED) is 0.755. The number of amides is 1. The van der Waals surface area contributed by atoms with Crippen LogP contribution in [0.15, 0.2) is 10.5 Å². The molecule has 1 aromatic heterocycles. The van der Waals surface area contributed by atoms with E-state index in [0.29, 0.717) is 11.3 Å². The van der Waals surface area contributed by atoms with Crippen molar-refractivity contribution in [2.45, 2.75) is 20.4 Å². The second-order valence-corrected chi connectivity index (χ2v) is 2.94. The standard InChI is InChI=1S/C9H11NO4/c1-5-3-7(4-10-6(2)11)14-8(5)9(12)13/h3H,4H2,1-2H3,(H,10,11)(H,12,13). The van der Waals surface area contributed by atoms with E-state index in [9.17, 15) is 9.59 Å². The van der Waals surface area contributed by atoms with Crippen LogP contribution >= 0.6 is 0 Å². The van der Waals surface area contributed by atoms with Crippen LogP contribution in [0.2, 0.25) is 0 Å². The van der Waals surface area contributed by atoms with E-state index >= 15 is 0 Å². The Bertz CT molecular complexity index is 367. The third-order valence-corrected chi connectivity index (χ3v) is 1.67. The van der Waals surface area contributed by atoms with Crippen molar-refractivity contribution < 1.29 is 19.1 Å². The molecule has 0 atom stereocenters. The zero-order valence-electron chi connectivity index (χ0n) is 7.96. The molecule has 0 spiro atoms. The van der Waals surface area contributed by atoms with Crippen molar-refractivity contribution in [1.29, 1.82) is 0 Å². The largest absolute Gasteiger partial charge is 0.475 e. The van der Waals surface area contributed by atoms with Crippen molar-refractivity contribution >= 4 is 11.9 Å². The molecule has 1 amide bonds. The van der Waals surface area contributed by atoms with Gasteiger partial charge in [0.2, 0.25) is 11.7 Å². The number of carboxylic acids is 1. The van der Waals surface area contributed by atoms with Crippen LogP contribution in [0.1, 0.15) is 28.8 Å². The van der Waals surface area contributed by atoms with Gasteiger partial charge in [0.1, 0.15) is 5.76 Å². The summed E-state index contributed by atoms with van der Waals surface area (Å²) in [6.07, 6.45) is 0. The number of furan rings is 1. The summed E-state index contributed by atoms with van der Waals surface area (Å²) in [5.41, 5.74) is 0.554. The normalized spacial score (nSPS) is 9.86. The van der Waals surface area contributed by atoms with Crippen LogP contribution in [0.25, 0.3) is 0 Å². The summed E-state index contributed by atoms with van der Waals surface area (Å²) in [4.78, 5) is 21.2. The highest BCUT2D eigenvalue weighted by Crippen LogP contribution is 2.14. The molecule has 0 aliphatic carbocycles. The van der Waals surface area contributed by atoms with E-state index in [4.69, 9.17) is 9.52 Å². The van der Waals surface area contributed by atoms with Crippen LogP contribution in [0.3, 0.4) is 0 Å². The fourth-order valence-corrected chi connectivity index (χ4v) is 1.06. The summed E-state index contributed by atoms with van der Waals surface area (Å²) in [5.74, 6) is -0.923. The van der Waals surface area contributed by atoms with Gasteiger partial charge in [0, 0.05) is 12.5 Å². The van der Waals surface area contributed by atoms with E-state index in [1.807, 2.05) is 0 Å². The van der Waals surface area contributed by atoms with Crippen molar-refractivity contribution in [3.8, 4) is 0 Å². The minimum absolute atomic E-state index is 0.0784. The molecule has 0 unspecified atom stereocenters. The molecule has 1 rings (SSSR count). The van der Waals surface area contributed by atoms with Gasteiger partial charge >= 0.3 is 5.97 Å². The highest BCUT2D eigenvalue weighted by Gasteiger charge is 2.13. The van der Waals surface area contributed by atoms with Crippen molar-refractivity contribution in [1.82, 2.24) is 5.32 Å². The van der Waals surface area contributed by atoms with Gasteiger partial charge in [-0.2, -0.15) is 0 Å². The number of nitrogens with one attached hydrogen (secondary N) is 1. The summed E-state index contributed by atoms with van der Waals surface area (Å²) in [6, 6.07) is 1.60. The van der Waals surface area contributed by atoms with E-state index in [2.05, 4.69) is 5.32 Å². The average molecular weight is 197 g/mol. The lowest BCUT2D eigenvalue weighted by Crippen LogP contribution is -2.18. The van der Waals surface area contributed by atoms with Crippen LogP contribution in [0.5, 0.6) is 0 Å². The molecular weight excluding hydrogens is 186 g/mol. The van der Waals surface area contributed by atoms with Gasteiger partial charge < -0.3 is 14.8 Å². The number of rotatable bonds is 3. The second-order valence-electron chi connectivity index (χ2n) is 2.94. The molecule has 14 heavy (non-hydrogen) atoms. The fraction of sp³-hybridized carbons (Fsp3) is 0.333. The Balaban J connectivity index is 2.76. The minimum Gasteiger partial charge on any atom is -0.475 e. The van der Waals surface area contributed by atoms with Gasteiger partial charge in [0.05, 0.1) is 6.54 Å². The van der Waals surface area contributed by atoms with Crippen molar-refractivity contribution in [2.75, 3.05) is 0 Å². The smallest absolute Gasteiger partial charge is 0.372 e. The molecule has 1 aromatic rings. The maximum atomic E-state index is 10.6. The number of hydrogen-bond acceptors (Lipinski definition) is 3. The summed E-state index contributed by atoms with van der Waals surface area (Å²) in [7, 11) is 0. The lowest BCUT2D eigenvalue weighted by Gasteiger charge is -1.96. The first-order valence-corrected chi connectivity index (χ1v) is 4.07. The van der Waals surface area contributed by atoms with Crippen LogP contribution in [0.4, 0.5) is 0 Å². The third-order valence-electron chi connectivity index (χ3n) is 1.67. The molecule has 0 saturated carbocycles. The van der Waals surface area contributed by atoms with Crippen LogP contribution in [-0.2, 0) is 11.3 Å². The summed E-state index contributed by atoms with van der Waals surface area (Å²) >= 11 is 0. The first kappa shape index (κ1) is 10.3. The molecule has 2 N–H and O–H groups in total. The number of aromatic carboxylic acids is 1. The summed E-state index contributed by atoms with van der Waals surface area (Å²) in [5, 5.41) is 11.2. The molecule has 1 heterocycles. The number of carboxylic acid groups (broad SMARTS) is 1. The minimum atomic E-state index is -1.10. The molecule has 76 valence electrons. The first-order valence-electron chi connectivity index (χ1n) is 4.07. The van der Waals surface area contributed by atoms with Gasteiger partial charge in [0.15, 0.2) is 0 Å². The molecule has 0 radical (unpaired) electrons. The van der Waals surface area contributed by atoms with Crippen LogP contribution in [-0.4, -0.2) is 17.0 Å². The second kappa shape index (κ2) is 3.95. The predicted octanol–water partition coefficient (Wildman–Crippen LogP) is 0.922. The third kappa shape index (κ3) is 2.35. The van der Waals surface area contributed by atoms with Crippen LogP contribution < -0.4 is 5.32 Å². The molecule has 5 heteroatoms. The van der Waals surface area contributed by atoms with Crippen molar-refractivity contribution in [3.63, 3.8) is 0 Å². The Hall–Kier alpha value is -1.78. The molecule has 5 nitrogen and oxygen atoms in total. The number of hydrogen-bond donors (Lipinski definition) is 2. The monoisotopic (exact) mass is 197 g/mol. The highest BCUT2D eigenvalue weighted by atomic mass is 16.4. The molecule has 0 bridgehead atoms. The summed E-state index contributed by atoms with van der Waals surface area (Å²) < 4.78 is 5.01. The molecule has 0 aromatic carbocycles. The van der Waals surface area contributed by atoms with Gasteiger partial charge in [-0.3, -0.25) is 4.79 Å². The highest BCUT2D eigenvalue weighted by molar-refractivity contribution is 5.86. The van der Waals surface area contributed by atoms with Crippen molar-refractivity contribution in [2.24, 2.45) is 0 Å². The average Bonchev–Trinajstić information content (AvgIpc) is 2.43. The number of carbonyl (C=O) groups is 2. The van der Waals surface area contributed by atoms with E-state index in [1.54, 1.807) is 13.0 Å². The topological polar surface area (TPSA) is 79.5 Å². The zero-order valence-corrected chi connectivity index (χ0v) is 7.96. The Labute approximate surface area is 80.7 Å². The van der Waals surface area contributed by atoms with E-state index < -0.39 is 5.97 Å². The molecule has 0 saturated heterocycles. The van der Waals surface area contributed by atoms with Crippen LogP contribution in [0, 0.1) is 6.92 Å². The Morgan fingerprint density at radius 2 is 2.21 bits per heavy atom. The fourth-order valence-electron chi connectivity index (χ4n) is 1.06. The lowest BCUT2D eigenvalue weighted by molar-refractivity contribution is -0.119.